The highest BCUT2D eigenvalue weighted by atomic mass is 35.5. The van der Waals surface area contributed by atoms with Crippen molar-refractivity contribution in [1.29, 1.82) is 0 Å². The van der Waals surface area contributed by atoms with E-state index < -0.39 is 0 Å². The van der Waals surface area contributed by atoms with Crippen molar-refractivity contribution in [1.82, 2.24) is 15.0 Å². The Hall–Kier alpha value is -1.89. The molecule has 6 nitrogen and oxygen atoms in total. The van der Waals surface area contributed by atoms with Crippen LogP contribution in [0.25, 0.3) is 11.3 Å². The van der Waals surface area contributed by atoms with Gasteiger partial charge in [-0.05, 0) is 26.1 Å². The maximum Gasteiger partial charge on any atom is 0.310 e. The van der Waals surface area contributed by atoms with Crippen molar-refractivity contribution in [3.63, 3.8) is 0 Å². The van der Waals surface area contributed by atoms with Crippen LogP contribution in [0.15, 0.2) is 34.9 Å². The van der Waals surface area contributed by atoms with E-state index in [1.54, 1.807) is 0 Å². The molecule has 2 aromatic rings. The molecule has 1 saturated heterocycles. The van der Waals surface area contributed by atoms with Crippen LogP contribution in [0.2, 0.25) is 5.02 Å². The third-order valence-corrected chi connectivity index (χ3v) is 5.18. The average molecular weight is 392 g/mol. The van der Waals surface area contributed by atoms with Crippen molar-refractivity contribution >= 4 is 17.6 Å². The van der Waals surface area contributed by atoms with E-state index in [1.807, 2.05) is 37.3 Å². The summed E-state index contributed by atoms with van der Waals surface area (Å²) in [5.74, 6) is 0.161. The highest BCUT2D eigenvalue weighted by Gasteiger charge is 2.26. The summed E-state index contributed by atoms with van der Waals surface area (Å²) in [7, 11) is 2.12. The largest absolute Gasteiger partial charge is 0.466 e. The fourth-order valence-corrected chi connectivity index (χ4v) is 3.50. The van der Waals surface area contributed by atoms with Crippen LogP contribution in [-0.2, 0) is 16.0 Å². The number of rotatable bonds is 7. The summed E-state index contributed by atoms with van der Waals surface area (Å²) in [6, 6.07) is 9.33. The summed E-state index contributed by atoms with van der Waals surface area (Å²) < 4.78 is 10.8. The lowest BCUT2D eigenvalue weighted by Gasteiger charge is -2.34. The van der Waals surface area contributed by atoms with Gasteiger partial charge in [0, 0.05) is 50.8 Å². The van der Waals surface area contributed by atoms with Crippen LogP contribution in [0.5, 0.6) is 0 Å². The molecule has 0 saturated carbocycles. The Morgan fingerprint density at radius 3 is 2.74 bits per heavy atom. The smallest absolute Gasteiger partial charge is 0.310 e. The number of likely N-dealkylation sites (N-methyl/N-ethyl adjacent to an activating group) is 1. The first kappa shape index (κ1) is 19.9. The van der Waals surface area contributed by atoms with Gasteiger partial charge in [-0.3, -0.25) is 9.69 Å². The van der Waals surface area contributed by atoms with Gasteiger partial charge in [-0.15, -0.1) is 0 Å². The molecule has 1 aromatic carbocycles. The number of carbonyl (C=O) groups excluding carboxylic acids is 1. The number of esters is 1. The highest BCUT2D eigenvalue weighted by molar-refractivity contribution is 6.33. The summed E-state index contributed by atoms with van der Waals surface area (Å²) in [6.45, 7) is 6.80. The molecule has 2 heterocycles. The molecule has 1 atom stereocenters. The zero-order valence-corrected chi connectivity index (χ0v) is 16.6. The SMILES string of the molecule is CCOC(=O)C(Cc1cc(-c2ccccc2Cl)on1)CN1CCN(C)CC1. The van der Waals surface area contributed by atoms with Gasteiger partial charge >= 0.3 is 5.97 Å². The van der Waals surface area contributed by atoms with E-state index >= 15 is 0 Å². The van der Waals surface area contributed by atoms with Gasteiger partial charge < -0.3 is 14.2 Å². The fourth-order valence-electron chi connectivity index (χ4n) is 3.27. The zero-order chi connectivity index (χ0) is 19.2. The molecule has 1 aromatic heterocycles. The minimum absolute atomic E-state index is 0.182. The van der Waals surface area contributed by atoms with Gasteiger partial charge in [-0.2, -0.15) is 0 Å². The highest BCUT2D eigenvalue weighted by Crippen LogP contribution is 2.28. The summed E-state index contributed by atoms with van der Waals surface area (Å²) >= 11 is 6.23. The van der Waals surface area contributed by atoms with Crippen LogP contribution in [0.1, 0.15) is 12.6 Å². The Labute approximate surface area is 165 Å². The molecule has 1 aliphatic heterocycles. The third kappa shape index (κ3) is 5.31. The number of aromatic nitrogens is 1. The second-order valence-corrected chi connectivity index (χ2v) is 7.33. The van der Waals surface area contributed by atoms with Crippen LogP contribution in [0, 0.1) is 5.92 Å². The molecule has 7 heteroatoms. The summed E-state index contributed by atoms with van der Waals surface area (Å²) in [6.07, 6.45) is 0.485. The average Bonchev–Trinajstić information content (AvgIpc) is 3.12. The van der Waals surface area contributed by atoms with Crippen molar-refractivity contribution in [2.24, 2.45) is 5.92 Å². The van der Waals surface area contributed by atoms with E-state index in [0.717, 1.165) is 37.4 Å². The van der Waals surface area contributed by atoms with E-state index in [4.69, 9.17) is 20.9 Å². The molecule has 0 amide bonds. The van der Waals surface area contributed by atoms with Gasteiger partial charge in [-0.25, -0.2) is 0 Å². The molecule has 1 aliphatic rings. The number of piperazine rings is 1. The molecule has 146 valence electrons. The Balaban J connectivity index is 1.70. The van der Waals surface area contributed by atoms with Crippen molar-refractivity contribution in [2.45, 2.75) is 13.3 Å². The van der Waals surface area contributed by atoms with Gasteiger partial charge in [0.2, 0.25) is 0 Å². The van der Waals surface area contributed by atoms with Crippen molar-refractivity contribution in [3.05, 3.63) is 41.0 Å². The Bertz CT molecular complexity index is 756. The van der Waals surface area contributed by atoms with Gasteiger partial charge in [0.25, 0.3) is 0 Å². The third-order valence-electron chi connectivity index (χ3n) is 4.85. The standard InChI is InChI=1S/C20H26ClN3O3/c1-3-26-20(25)15(14-24-10-8-23(2)9-11-24)12-16-13-19(27-22-16)17-6-4-5-7-18(17)21/h4-7,13,15H,3,8-12,14H2,1-2H3. The number of carbonyl (C=O) groups is 1. The first-order valence-corrected chi connectivity index (χ1v) is 9.72. The number of ether oxygens (including phenoxy) is 1. The minimum Gasteiger partial charge on any atom is -0.466 e. The molecule has 3 rings (SSSR count). The van der Waals surface area contributed by atoms with E-state index in [1.165, 1.54) is 0 Å². The van der Waals surface area contributed by atoms with Crippen LogP contribution in [-0.4, -0.2) is 67.3 Å². The molecule has 0 aliphatic carbocycles. The van der Waals surface area contributed by atoms with E-state index in [0.29, 0.717) is 30.4 Å². The second kappa shape index (κ2) is 9.35. The lowest BCUT2D eigenvalue weighted by molar-refractivity contribution is -0.148. The van der Waals surface area contributed by atoms with Gasteiger partial charge in [0.05, 0.1) is 23.2 Å². The molecule has 0 spiro atoms. The summed E-state index contributed by atoms with van der Waals surface area (Å²) in [5, 5.41) is 4.76. The zero-order valence-electron chi connectivity index (χ0n) is 15.9. The van der Waals surface area contributed by atoms with Gasteiger partial charge in [0.15, 0.2) is 5.76 Å². The van der Waals surface area contributed by atoms with Crippen LogP contribution < -0.4 is 0 Å². The van der Waals surface area contributed by atoms with E-state index in [2.05, 4.69) is 22.0 Å². The molecule has 1 unspecified atom stereocenters. The number of hydrogen-bond donors (Lipinski definition) is 0. The van der Waals surface area contributed by atoms with Crippen molar-refractivity contribution in [3.8, 4) is 11.3 Å². The summed E-state index contributed by atoms with van der Waals surface area (Å²) in [5.41, 5.74) is 1.53. The first-order chi connectivity index (χ1) is 13.1. The number of hydrogen-bond acceptors (Lipinski definition) is 6. The topological polar surface area (TPSA) is 58.8 Å². The predicted molar refractivity (Wildman–Crippen MR) is 105 cm³/mol. The number of halogens is 1. The Kier molecular flexibility index (Phi) is 6.88. The van der Waals surface area contributed by atoms with Crippen molar-refractivity contribution < 1.29 is 14.1 Å². The monoisotopic (exact) mass is 391 g/mol. The quantitative estimate of drug-likeness (QED) is 0.676. The van der Waals surface area contributed by atoms with E-state index in [9.17, 15) is 4.79 Å². The molecule has 27 heavy (non-hydrogen) atoms. The van der Waals surface area contributed by atoms with E-state index in [-0.39, 0.29) is 11.9 Å². The second-order valence-electron chi connectivity index (χ2n) is 6.92. The number of nitrogens with zero attached hydrogens (tertiary/aromatic N) is 3. The lowest BCUT2D eigenvalue weighted by atomic mass is 10.0. The van der Waals surface area contributed by atoms with Gasteiger partial charge in [0.1, 0.15) is 0 Å². The predicted octanol–water partition coefficient (Wildman–Crippen LogP) is 2.96. The Morgan fingerprint density at radius 1 is 1.30 bits per heavy atom. The van der Waals surface area contributed by atoms with Crippen LogP contribution in [0.3, 0.4) is 0 Å². The van der Waals surface area contributed by atoms with Crippen LogP contribution >= 0.6 is 11.6 Å². The summed E-state index contributed by atoms with van der Waals surface area (Å²) in [4.78, 5) is 17.1. The Morgan fingerprint density at radius 2 is 2.04 bits per heavy atom. The molecule has 0 bridgehead atoms. The maximum atomic E-state index is 12.5. The normalized spacial score (nSPS) is 17.0. The fraction of sp³-hybridized carbons (Fsp3) is 0.500. The number of benzene rings is 1. The van der Waals surface area contributed by atoms with Crippen molar-refractivity contribution in [2.75, 3.05) is 46.4 Å². The molecule has 0 N–H and O–H groups in total. The first-order valence-electron chi connectivity index (χ1n) is 9.35. The maximum absolute atomic E-state index is 12.5. The molecular weight excluding hydrogens is 366 g/mol. The lowest BCUT2D eigenvalue weighted by Crippen LogP contribution is -2.47. The van der Waals surface area contributed by atoms with Crippen LogP contribution in [0.4, 0.5) is 0 Å². The van der Waals surface area contributed by atoms with Gasteiger partial charge in [-0.1, -0.05) is 28.9 Å². The minimum atomic E-state index is -0.266. The molecule has 1 fully saturated rings. The molecular formula is C20H26ClN3O3. The molecule has 0 radical (unpaired) electrons.